The maximum absolute atomic E-state index is 5.89. The molecule has 0 amide bonds. The highest BCUT2D eigenvalue weighted by molar-refractivity contribution is 7.14. The number of aromatic nitrogens is 2. The lowest BCUT2D eigenvalue weighted by atomic mass is 9.77. The maximum Gasteiger partial charge on any atom is 0.270 e. The molecule has 2 aromatic rings. The average molecular weight is 291 g/mol. The Morgan fingerprint density at radius 1 is 1.30 bits per heavy atom. The fourth-order valence-corrected chi connectivity index (χ4v) is 3.77. The summed E-state index contributed by atoms with van der Waals surface area (Å²) in [6.45, 7) is 4.63. The van der Waals surface area contributed by atoms with Crippen molar-refractivity contribution < 1.29 is 4.52 Å². The van der Waals surface area contributed by atoms with E-state index in [1.54, 1.807) is 11.3 Å². The smallest absolute Gasteiger partial charge is 0.270 e. The number of thiophene rings is 1. The molecule has 0 atom stereocenters. The molecule has 0 spiro atoms. The van der Waals surface area contributed by atoms with E-state index >= 15 is 0 Å². The molecule has 0 bridgehead atoms. The molecule has 3 rings (SSSR count). The van der Waals surface area contributed by atoms with Crippen molar-refractivity contribution in [3.63, 3.8) is 0 Å². The van der Waals surface area contributed by atoms with Gasteiger partial charge in [0.1, 0.15) is 4.88 Å². The van der Waals surface area contributed by atoms with Crippen LogP contribution in [0.4, 0.5) is 5.69 Å². The second kappa shape index (κ2) is 5.56. The van der Waals surface area contributed by atoms with E-state index in [1.807, 2.05) is 11.4 Å². The predicted molar refractivity (Wildman–Crippen MR) is 81.6 cm³/mol. The van der Waals surface area contributed by atoms with Crippen molar-refractivity contribution in [2.45, 2.75) is 45.4 Å². The summed E-state index contributed by atoms with van der Waals surface area (Å²) in [5.74, 6) is 3.51. The Kier molecular flexibility index (Phi) is 3.78. The van der Waals surface area contributed by atoms with Gasteiger partial charge in [0, 0.05) is 5.92 Å². The van der Waals surface area contributed by atoms with Crippen LogP contribution in [0.25, 0.3) is 10.8 Å². The van der Waals surface area contributed by atoms with E-state index in [9.17, 15) is 0 Å². The van der Waals surface area contributed by atoms with Crippen molar-refractivity contribution in [2.75, 3.05) is 5.73 Å². The van der Waals surface area contributed by atoms with Gasteiger partial charge >= 0.3 is 0 Å². The van der Waals surface area contributed by atoms with Gasteiger partial charge in [-0.05, 0) is 49.0 Å². The Hall–Kier alpha value is -1.36. The molecule has 0 aliphatic heterocycles. The van der Waals surface area contributed by atoms with Crippen LogP contribution in [-0.4, -0.2) is 10.1 Å². The Morgan fingerprint density at radius 2 is 2.05 bits per heavy atom. The summed E-state index contributed by atoms with van der Waals surface area (Å²) in [7, 11) is 0. The highest BCUT2D eigenvalue weighted by Gasteiger charge is 2.27. The van der Waals surface area contributed by atoms with E-state index in [-0.39, 0.29) is 0 Å². The molecule has 0 aromatic carbocycles. The van der Waals surface area contributed by atoms with E-state index in [1.165, 1.54) is 25.7 Å². The van der Waals surface area contributed by atoms with Gasteiger partial charge in [0.2, 0.25) is 0 Å². The van der Waals surface area contributed by atoms with Crippen LogP contribution in [-0.2, 0) is 0 Å². The van der Waals surface area contributed by atoms with Gasteiger partial charge in [-0.3, -0.25) is 0 Å². The number of hydrogen-bond acceptors (Lipinski definition) is 5. The molecule has 20 heavy (non-hydrogen) atoms. The van der Waals surface area contributed by atoms with Crippen LogP contribution >= 0.6 is 11.3 Å². The molecule has 2 N–H and O–H groups in total. The molecule has 1 aliphatic rings. The minimum atomic E-state index is 0.448. The normalized spacial score (nSPS) is 23.4. The summed E-state index contributed by atoms with van der Waals surface area (Å²) in [5, 5.41) is 6.12. The zero-order valence-corrected chi connectivity index (χ0v) is 12.8. The number of rotatable bonds is 3. The Bertz CT molecular complexity index is 567. The summed E-state index contributed by atoms with van der Waals surface area (Å²) in [6.07, 6.45) is 4.88. The van der Waals surface area contributed by atoms with Crippen molar-refractivity contribution in [1.82, 2.24) is 10.1 Å². The molecule has 2 heterocycles. The lowest BCUT2D eigenvalue weighted by molar-refractivity contribution is 0.252. The summed E-state index contributed by atoms with van der Waals surface area (Å²) in [4.78, 5) is 5.45. The van der Waals surface area contributed by atoms with E-state index in [0.717, 1.165) is 22.5 Å². The van der Waals surface area contributed by atoms with Crippen LogP contribution in [0.2, 0.25) is 0 Å². The van der Waals surface area contributed by atoms with Gasteiger partial charge in [0.05, 0.1) is 5.69 Å². The fourth-order valence-electron chi connectivity index (χ4n) is 3.03. The predicted octanol–water partition coefficient (Wildman–Crippen LogP) is 4.31. The zero-order chi connectivity index (χ0) is 14.1. The van der Waals surface area contributed by atoms with Crippen LogP contribution in [0.15, 0.2) is 16.0 Å². The van der Waals surface area contributed by atoms with Crippen molar-refractivity contribution >= 4 is 17.0 Å². The molecule has 1 aliphatic carbocycles. The second-order valence-corrected chi connectivity index (χ2v) is 6.93. The minimum Gasteiger partial charge on any atom is -0.397 e. The van der Waals surface area contributed by atoms with Gasteiger partial charge < -0.3 is 10.3 Å². The first kappa shape index (κ1) is 13.6. The third kappa shape index (κ3) is 2.59. The monoisotopic (exact) mass is 291 g/mol. The molecule has 1 fully saturated rings. The van der Waals surface area contributed by atoms with Crippen LogP contribution in [0, 0.1) is 11.8 Å². The van der Waals surface area contributed by atoms with Gasteiger partial charge in [0.15, 0.2) is 5.82 Å². The molecule has 0 radical (unpaired) electrons. The van der Waals surface area contributed by atoms with Crippen molar-refractivity contribution in [3.05, 3.63) is 17.3 Å². The first-order chi connectivity index (χ1) is 9.65. The molecule has 1 saturated carbocycles. The van der Waals surface area contributed by atoms with Crippen LogP contribution in [0.1, 0.15) is 51.3 Å². The molecule has 0 saturated heterocycles. The van der Waals surface area contributed by atoms with Crippen molar-refractivity contribution in [2.24, 2.45) is 11.8 Å². The highest BCUT2D eigenvalue weighted by Crippen LogP contribution is 2.38. The summed E-state index contributed by atoms with van der Waals surface area (Å²) >= 11 is 1.55. The van der Waals surface area contributed by atoms with Crippen molar-refractivity contribution in [3.8, 4) is 10.8 Å². The SMILES string of the molecule is CC(C)C1CCC(c2noc(-c3sccc3N)n2)CC1. The van der Waals surface area contributed by atoms with E-state index < -0.39 is 0 Å². The molecule has 108 valence electrons. The largest absolute Gasteiger partial charge is 0.397 e. The number of nitrogens with zero attached hydrogens (tertiary/aromatic N) is 2. The summed E-state index contributed by atoms with van der Waals surface area (Å²) < 4.78 is 5.39. The molecule has 5 heteroatoms. The first-order valence-corrected chi connectivity index (χ1v) is 8.20. The number of nitrogen functional groups attached to an aromatic ring is 1. The average Bonchev–Trinajstić information content (AvgIpc) is 3.07. The lowest BCUT2D eigenvalue weighted by Crippen LogP contribution is -2.18. The zero-order valence-electron chi connectivity index (χ0n) is 12.0. The Balaban J connectivity index is 1.71. The van der Waals surface area contributed by atoms with Gasteiger partial charge in [-0.2, -0.15) is 4.98 Å². The summed E-state index contributed by atoms with van der Waals surface area (Å²) in [5.41, 5.74) is 6.61. The van der Waals surface area contributed by atoms with E-state index in [4.69, 9.17) is 10.3 Å². The standard InChI is InChI=1S/C15H21N3OS/c1-9(2)10-3-5-11(6-4-10)14-17-15(19-18-14)13-12(16)7-8-20-13/h7-11H,3-6,16H2,1-2H3. The fraction of sp³-hybridized carbons (Fsp3) is 0.600. The topological polar surface area (TPSA) is 64.9 Å². The Morgan fingerprint density at radius 3 is 2.65 bits per heavy atom. The van der Waals surface area contributed by atoms with E-state index in [2.05, 4.69) is 24.0 Å². The van der Waals surface area contributed by atoms with E-state index in [0.29, 0.717) is 17.5 Å². The molecule has 2 aromatic heterocycles. The van der Waals surface area contributed by atoms with Gasteiger partial charge in [-0.15, -0.1) is 11.3 Å². The van der Waals surface area contributed by atoms with Crippen LogP contribution in [0.5, 0.6) is 0 Å². The number of anilines is 1. The Labute approximate surface area is 123 Å². The third-order valence-corrected chi connectivity index (χ3v) is 5.33. The van der Waals surface area contributed by atoms with Gasteiger partial charge in [-0.1, -0.05) is 19.0 Å². The third-order valence-electron chi connectivity index (χ3n) is 4.41. The minimum absolute atomic E-state index is 0.448. The molecular formula is C15H21N3OS. The molecule has 4 nitrogen and oxygen atoms in total. The lowest BCUT2D eigenvalue weighted by Gasteiger charge is -2.29. The van der Waals surface area contributed by atoms with Crippen LogP contribution in [0.3, 0.4) is 0 Å². The van der Waals surface area contributed by atoms with Crippen molar-refractivity contribution in [1.29, 1.82) is 0 Å². The highest BCUT2D eigenvalue weighted by atomic mass is 32.1. The van der Waals surface area contributed by atoms with Crippen LogP contribution < -0.4 is 5.73 Å². The quantitative estimate of drug-likeness (QED) is 0.915. The van der Waals surface area contributed by atoms with Gasteiger partial charge in [-0.25, -0.2) is 0 Å². The second-order valence-electron chi connectivity index (χ2n) is 6.02. The first-order valence-electron chi connectivity index (χ1n) is 7.32. The number of hydrogen-bond donors (Lipinski definition) is 1. The summed E-state index contributed by atoms with van der Waals surface area (Å²) in [6, 6.07) is 1.87. The number of nitrogens with two attached hydrogens (primary N) is 1. The molecule has 0 unspecified atom stereocenters. The molecular weight excluding hydrogens is 270 g/mol. The van der Waals surface area contributed by atoms with Gasteiger partial charge in [0.25, 0.3) is 5.89 Å². The maximum atomic E-state index is 5.89.